The Labute approximate surface area is 137 Å². The minimum absolute atomic E-state index is 0.296. The van der Waals surface area contributed by atoms with E-state index in [-0.39, 0.29) is 0 Å². The fourth-order valence-corrected chi connectivity index (χ4v) is 2.79. The second-order valence-electron chi connectivity index (χ2n) is 5.62. The van der Waals surface area contributed by atoms with E-state index in [1.807, 2.05) is 23.1 Å². The average Bonchev–Trinajstić information content (AvgIpc) is 2.91. The molecule has 0 atom stereocenters. The molecule has 1 aromatic carbocycles. The van der Waals surface area contributed by atoms with Crippen molar-refractivity contribution in [1.29, 1.82) is 0 Å². The highest BCUT2D eigenvalue weighted by Gasteiger charge is 2.18. The van der Waals surface area contributed by atoms with E-state index in [0.717, 1.165) is 61.8 Å². The zero-order chi connectivity index (χ0) is 15.8. The summed E-state index contributed by atoms with van der Waals surface area (Å²) in [5.74, 6) is 1.19. The van der Waals surface area contributed by atoms with Crippen molar-refractivity contribution in [3.63, 3.8) is 0 Å². The molecule has 1 saturated heterocycles. The minimum atomic E-state index is 0.296. The van der Waals surface area contributed by atoms with Crippen LogP contribution in [0.25, 0.3) is 0 Å². The summed E-state index contributed by atoms with van der Waals surface area (Å²) in [5.41, 5.74) is 1.08. The van der Waals surface area contributed by atoms with E-state index in [2.05, 4.69) is 12.2 Å². The maximum atomic E-state index is 11.5. The molecule has 122 valence electrons. The molecular weight excluding hydrogens is 300 g/mol. The molecule has 22 heavy (non-hydrogen) atoms. The molecule has 0 saturated carbocycles. The van der Waals surface area contributed by atoms with Crippen LogP contribution in [0.3, 0.4) is 0 Å². The van der Waals surface area contributed by atoms with Gasteiger partial charge in [-0.25, -0.2) is 0 Å². The number of amides is 1. The lowest BCUT2D eigenvalue weighted by atomic mass is 10.2. The van der Waals surface area contributed by atoms with Crippen molar-refractivity contribution in [2.24, 2.45) is 0 Å². The van der Waals surface area contributed by atoms with E-state index in [9.17, 15) is 4.79 Å². The first kappa shape index (κ1) is 17.1. The van der Waals surface area contributed by atoms with Gasteiger partial charge in [-0.15, -0.1) is 0 Å². The van der Waals surface area contributed by atoms with E-state index in [0.29, 0.717) is 18.9 Å². The van der Waals surface area contributed by atoms with Crippen LogP contribution in [0.15, 0.2) is 18.2 Å². The number of nitrogens with one attached hydrogen (secondary N) is 1. The van der Waals surface area contributed by atoms with Gasteiger partial charge in [-0.3, -0.25) is 4.79 Å². The summed E-state index contributed by atoms with van der Waals surface area (Å²) in [5, 5.41) is 4.13. The largest absolute Gasteiger partial charge is 0.493 e. The molecule has 1 aromatic rings. The quantitative estimate of drug-likeness (QED) is 0.709. The Kier molecular flexibility index (Phi) is 7.00. The zero-order valence-corrected chi connectivity index (χ0v) is 14.0. The molecule has 0 spiro atoms. The first-order valence-corrected chi connectivity index (χ1v) is 8.48. The number of carbonyl (C=O) groups is 1. The molecule has 1 N–H and O–H groups in total. The van der Waals surface area contributed by atoms with E-state index in [1.54, 1.807) is 0 Å². The van der Waals surface area contributed by atoms with Gasteiger partial charge in [-0.2, -0.15) is 0 Å². The average molecular weight is 325 g/mol. The third-order valence-corrected chi connectivity index (χ3v) is 3.99. The highest BCUT2D eigenvalue weighted by atomic mass is 35.5. The van der Waals surface area contributed by atoms with Crippen LogP contribution in [-0.2, 0) is 11.3 Å². The molecule has 4 nitrogen and oxygen atoms in total. The number of nitrogens with zero attached hydrogens (tertiary/aromatic N) is 1. The van der Waals surface area contributed by atoms with Crippen LogP contribution in [0.1, 0.15) is 38.2 Å². The topological polar surface area (TPSA) is 41.6 Å². The zero-order valence-electron chi connectivity index (χ0n) is 13.2. The summed E-state index contributed by atoms with van der Waals surface area (Å²) >= 11 is 6.07. The van der Waals surface area contributed by atoms with Gasteiger partial charge < -0.3 is 15.0 Å². The number of benzene rings is 1. The Morgan fingerprint density at radius 3 is 3.00 bits per heavy atom. The molecule has 5 heteroatoms. The minimum Gasteiger partial charge on any atom is -0.493 e. The van der Waals surface area contributed by atoms with Crippen molar-refractivity contribution < 1.29 is 9.53 Å². The molecule has 0 aromatic heterocycles. The maximum Gasteiger partial charge on any atom is 0.222 e. The highest BCUT2D eigenvalue weighted by Crippen LogP contribution is 2.23. The number of hydrogen-bond acceptors (Lipinski definition) is 3. The van der Waals surface area contributed by atoms with Crippen LogP contribution in [0.5, 0.6) is 5.75 Å². The monoisotopic (exact) mass is 324 g/mol. The van der Waals surface area contributed by atoms with Gasteiger partial charge in [0.15, 0.2) is 0 Å². The molecule has 1 heterocycles. The van der Waals surface area contributed by atoms with E-state index in [4.69, 9.17) is 16.3 Å². The standard InChI is InChI=1S/C17H25ClN2O2/c1-2-11-22-16-7-6-15(18)12-14(16)13-19-8-4-10-20-9-3-5-17(20)21/h6-7,12,19H,2-5,8-11,13H2,1H3. The van der Waals surface area contributed by atoms with Crippen LogP contribution in [0.4, 0.5) is 0 Å². The number of likely N-dealkylation sites (tertiary alicyclic amines) is 1. The second kappa shape index (κ2) is 9.01. The number of hydrogen-bond donors (Lipinski definition) is 1. The highest BCUT2D eigenvalue weighted by molar-refractivity contribution is 6.30. The van der Waals surface area contributed by atoms with Crippen molar-refractivity contribution in [1.82, 2.24) is 10.2 Å². The van der Waals surface area contributed by atoms with Gasteiger partial charge in [0.2, 0.25) is 5.91 Å². The Bertz CT molecular complexity index is 494. The summed E-state index contributed by atoms with van der Waals surface area (Å²) in [7, 11) is 0. The Morgan fingerprint density at radius 1 is 1.41 bits per heavy atom. The molecule has 0 aliphatic carbocycles. The van der Waals surface area contributed by atoms with E-state index >= 15 is 0 Å². The van der Waals surface area contributed by atoms with Gasteiger partial charge >= 0.3 is 0 Å². The van der Waals surface area contributed by atoms with Crippen LogP contribution in [-0.4, -0.2) is 37.0 Å². The van der Waals surface area contributed by atoms with Crippen LogP contribution in [0.2, 0.25) is 5.02 Å². The molecule has 1 amide bonds. The molecule has 0 unspecified atom stereocenters. The number of halogens is 1. The molecule has 1 aliphatic rings. The summed E-state index contributed by atoms with van der Waals surface area (Å²) in [6.45, 7) is 6.18. The second-order valence-corrected chi connectivity index (χ2v) is 6.05. The molecule has 1 fully saturated rings. The molecule has 0 bridgehead atoms. The number of ether oxygens (including phenoxy) is 1. The van der Waals surface area contributed by atoms with Crippen molar-refractivity contribution >= 4 is 17.5 Å². The van der Waals surface area contributed by atoms with Gasteiger partial charge in [-0.1, -0.05) is 18.5 Å². The van der Waals surface area contributed by atoms with E-state index < -0.39 is 0 Å². The van der Waals surface area contributed by atoms with Crippen molar-refractivity contribution in [3.8, 4) is 5.75 Å². The molecule has 2 rings (SSSR count). The summed E-state index contributed by atoms with van der Waals surface area (Å²) in [4.78, 5) is 13.5. The smallest absolute Gasteiger partial charge is 0.222 e. The van der Waals surface area contributed by atoms with Crippen molar-refractivity contribution in [2.45, 2.75) is 39.2 Å². The first-order chi connectivity index (χ1) is 10.7. The lowest BCUT2D eigenvalue weighted by Crippen LogP contribution is -2.28. The lowest BCUT2D eigenvalue weighted by molar-refractivity contribution is -0.127. The van der Waals surface area contributed by atoms with Gasteiger partial charge in [-0.05, 0) is 44.0 Å². The summed E-state index contributed by atoms with van der Waals surface area (Å²) in [6.07, 6.45) is 3.68. The van der Waals surface area contributed by atoms with Crippen LogP contribution in [0, 0.1) is 0 Å². The third kappa shape index (κ3) is 5.18. The number of carbonyl (C=O) groups excluding carboxylic acids is 1. The van der Waals surface area contributed by atoms with Crippen molar-refractivity contribution in [3.05, 3.63) is 28.8 Å². The lowest BCUT2D eigenvalue weighted by Gasteiger charge is -2.16. The Morgan fingerprint density at radius 2 is 2.27 bits per heavy atom. The SMILES string of the molecule is CCCOc1ccc(Cl)cc1CNCCCN1CCCC1=O. The third-order valence-electron chi connectivity index (χ3n) is 3.75. The van der Waals surface area contributed by atoms with Crippen LogP contribution >= 0.6 is 11.6 Å². The van der Waals surface area contributed by atoms with Gasteiger partial charge in [0.1, 0.15) is 5.75 Å². The predicted molar refractivity (Wildman–Crippen MR) is 89.4 cm³/mol. The summed E-state index contributed by atoms with van der Waals surface area (Å²) < 4.78 is 5.74. The molecule has 1 aliphatic heterocycles. The molecular formula is C17H25ClN2O2. The Balaban J connectivity index is 1.73. The van der Waals surface area contributed by atoms with Gasteiger partial charge in [0.05, 0.1) is 6.61 Å². The van der Waals surface area contributed by atoms with Crippen LogP contribution < -0.4 is 10.1 Å². The maximum absolute atomic E-state index is 11.5. The van der Waals surface area contributed by atoms with Crippen molar-refractivity contribution in [2.75, 3.05) is 26.2 Å². The fourth-order valence-electron chi connectivity index (χ4n) is 2.60. The normalized spacial score (nSPS) is 14.6. The summed E-state index contributed by atoms with van der Waals surface area (Å²) in [6, 6.07) is 5.73. The molecule has 0 radical (unpaired) electrons. The fraction of sp³-hybridized carbons (Fsp3) is 0.588. The van der Waals surface area contributed by atoms with Gasteiger partial charge in [0.25, 0.3) is 0 Å². The van der Waals surface area contributed by atoms with E-state index in [1.165, 1.54) is 0 Å². The predicted octanol–water partition coefficient (Wildman–Crippen LogP) is 3.23. The number of rotatable bonds is 9. The first-order valence-electron chi connectivity index (χ1n) is 8.10. The van der Waals surface area contributed by atoms with Gasteiger partial charge in [0, 0.05) is 36.6 Å². The Hall–Kier alpha value is -1.26.